The van der Waals surface area contributed by atoms with Crippen molar-refractivity contribution in [2.45, 2.75) is 0 Å². The Balaban J connectivity index is 2.35. The summed E-state index contributed by atoms with van der Waals surface area (Å²) in [5, 5.41) is 8.87. The van der Waals surface area contributed by atoms with Crippen LogP contribution in [-0.4, -0.2) is 4.98 Å². The van der Waals surface area contributed by atoms with Gasteiger partial charge in [-0.2, -0.15) is 5.26 Å². The Labute approximate surface area is 106 Å². The number of nitriles is 1. The topological polar surface area (TPSA) is 45.9 Å². The molecule has 0 N–H and O–H groups in total. The predicted octanol–water partition coefficient (Wildman–Crippen LogP) is 3.65. The number of nitrogens with zero attached hydrogens (tertiary/aromatic N) is 2. The summed E-state index contributed by atoms with van der Waals surface area (Å²) in [6.45, 7) is 0. The summed E-state index contributed by atoms with van der Waals surface area (Å²) in [5.41, 5.74) is 0.323. The van der Waals surface area contributed by atoms with Gasteiger partial charge in [-0.25, -0.2) is 9.37 Å². The van der Waals surface area contributed by atoms with Crippen LogP contribution >= 0.6 is 15.9 Å². The minimum absolute atomic E-state index is 0.197. The smallest absolute Gasteiger partial charge is 0.237 e. The Kier molecular flexibility index (Phi) is 3.35. The highest BCUT2D eigenvalue weighted by Crippen LogP contribution is 2.30. The highest BCUT2D eigenvalue weighted by atomic mass is 79.9. The SMILES string of the molecule is N#Cc1cccnc1Oc1ccc(F)cc1Br. The standard InChI is InChI=1S/C12H6BrFN2O/c13-10-6-9(14)3-4-11(10)17-12-8(7-15)2-1-5-16-12/h1-6H. The molecule has 0 unspecified atom stereocenters. The zero-order valence-electron chi connectivity index (χ0n) is 8.52. The number of rotatable bonds is 2. The molecule has 1 aromatic carbocycles. The molecule has 0 aliphatic rings. The van der Waals surface area contributed by atoms with Gasteiger partial charge in [0, 0.05) is 6.20 Å². The predicted molar refractivity (Wildman–Crippen MR) is 63.1 cm³/mol. The van der Waals surface area contributed by atoms with E-state index in [0.717, 1.165) is 0 Å². The van der Waals surface area contributed by atoms with Crippen LogP contribution in [0.15, 0.2) is 41.0 Å². The molecule has 2 rings (SSSR count). The second-order valence-electron chi connectivity index (χ2n) is 3.14. The van der Waals surface area contributed by atoms with E-state index >= 15 is 0 Å². The van der Waals surface area contributed by atoms with E-state index in [4.69, 9.17) is 10.00 Å². The van der Waals surface area contributed by atoms with Gasteiger partial charge in [0.2, 0.25) is 5.88 Å². The zero-order valence-corrected chi connectivity index (χ0v) is 10.1. The van der Waals surface area contributed by atoms with Gasteiger partial charge in [0.25, 0.3) is 0 Å². The third kappa shape index (κ3) is 2.60. The fourth-order valence-corrected chi connectivity index (χ4v) is 1.65. The first-order chi connectivity index (χ1) is 8.20. The summed E-state index contributed by atoms with van der Waals surface area (Å²) in [5.74, 6) is 0.231. The van der Waals surface area contributed by atoms with Crippen molar-refractivity contribution in [2.75, 3.05) is 0 Å². The summed E-state index contributed by atoms with van der Waals surface area (Å²) < 4.78 is 18.8. The summed E-state index contributed by atoms with van der Waals surface area (Å²) >= 11 is 3.18. The molecule has 0 amide bonds. The highest BCUT2D eigenvalue weighted by Gasteiger charge is 2.08. The van der Waals surface area contributed by atoms with E-state index < -0.39 is 0 Å². The molecule has 0 saturated heterocycles. The van der Waals surface area contributed by atoms with Gasteiger partial charge in [-0.05, 0) is 46.3 Å². The van der Waals surface area contributed by atoms with E-state index in [2.05, 4.69) is 20.9 Å². The number of hydrogen-bond acceptors (Lipinski definition) is 3. The number of pyridine rings is 1. The van der Waals surface area contributed by atoms with Crippen molar-refractivity contribution in [2.24, 2.45) is 0 Å². The Bertz CT molecular complexity index is 595. The van der Waals surface area contributed by atoms with Crippen LogP contribution in [0.5, 0.6) is 11.6 Å². The Hall–Kier alpha value is -1.93. The molecule has 0 fully saturated rings. The average molecular weight is 293 g/mol. The third-order valence-corrected chi connectivity index (χ3v) is 2.61. The van der Waals surface area contributed by atoms with Crippen molar-refractivity contribution in [1.82, 2.24) is 4.98 Å². The second kappa shape index (κ2) is 4.93. The molecule has 0 saturated carbocycles. The first kappa shape index (κ1) is 11.6. The van der Waals surface area contributed by atoms with Crippen LogP contribution in [0.2, 0.25) is 0 Å². The Morgan fingerprint density at radius 3 is 2.88 bits per heavy atom. The van der Waals surface area contributed by atoms with E-state index in [0.29, 0.717) is 15.8 Å². The lowest BCUT2D eigenvalue weighted by Gasteiger charge is -2.07. The maximum atomic E-state index is 12.9. The molecule has 0 atom stereocenters. The second-order valence-corrected chi connectivity index (χ2v) is 4.00. The molecule has 17 heavy (non-hydrogen) atoms. The van der Waals surface area contributed by atoms with Gasteiger partial charge in [-0.15, -0.1) is 0 Å². The minimum atomic E-state index is -0.370. The zero-order chi connectivity index (χ0) is 12.3. The molecule has 3 nitrogen and oxygen atoms in total. The largest absolute Gasteiger partial charge is 0.436 e. The lowest BCUT2D eigenvalue weighted by Crippen LogP contribution is -1.92. The normalized spacial score (nSPS) is 9.71. The molecule has 84 valence electrons. The van der Waals surface area contributed by atoms with Crippen molar-refractivity contribution in [1.29, 1.82) is 5.26 Å². The van der Waals surface area contributed by atoms with Gasteiger partial charge >= 0.3 is 0 Å². The number of hydrogen-bond donors (Lipinski definition) is 0. The van der Waals surface area contributed by atoms with Crippen LogP contribution in [0.3, 0.4) is 0 Å². The lowest BCUT2D eigenvalue weighted by molar-refractivity contribution is 0.456. The number of benzene rings is 1. The van der Waals surface area contributed by atoms with Crippen molar-refractivity contribution in [3.8, 4) is 17.7 Å². The van der Waals surface area contributed by atoms with Crippen molar-refractivity contribution in [3.05, 3.63) is 52.4 Å². The van der Waals surface area contributed by atoms with Gasteiger partial charge in [-0.3, -0.25) is 0 Å². The van der Waals surface area contributed by atoms with E-state index in [-0.39, 0.29) is 11.7 Å². The monoisotopic (exact) mass is 292 g/mol. The average Bonchev–Trinajstić information content (AvgIpc) is 2.33. The van der Waals surface area contributed by atoms with E-state index in [1.807, 2.05) is 6.07 Å². The van der Waals surface area contributed by atoms with E-state index in [9.17, 15) is 4.39 Å². The van der Waals surface area contributed by atoms with Crippen LogP contribution in [-0.2, 0) is 0 Å². The van der Waals surface area contributed by atoms with Crippen molar-refractivity contribution in [3.63, 3.8) is 0 Å². The van der Waals surface area contributed by atoms with Gasteiger partial charge in [0.05, 0.1) is 4.47 Å². The summed E-state index contributed by atoms with van der Waals surface area (Å²) in [6.07, 6.45) is 1.52. The quantitative estimate of drug-likeness (QED) is 0.849. The Morgan fingerprint density at radius 1 is 1.35 bits per heavy atom. The molecular weight excluding hydrogens is 287 g/mol. The Morgan fingerprint density at radius 2 is 2.18 bits per heavy atom. The van der Waals surface area contributed by atoms with Crippen LogP contribution in [0.4, 0.5) is 4.39 Å². The maximum absolute atomic E-state index is 12.9. The molecule has 0 aliphatic heterocycles. The summed E-state index contributed by atoms with van der Waals surface area (Å²) in [7, 11) is 0. The van der Waals surface area contributed by atoms with Gasteiger partial charge < -0.3 is 4.74 Å². The van der Waals surface area contributed by atoms with E-state index in [1.54, 1.807) is 12.1 Å². The minimum Gasteiger partial charge on any atom is -0.436 e. The first-order valence-corrected chi connectivity index (χ1v) is 5.48. The fraction of sp³-hybridized carbons (Fsp3) is 0. The molecule has 0 aliphatic carbocycles. The lowest BCUT2D eigenvalue weighted by atomic mass is 10.3. The number of ether oxygens (including phenoxy) is 1. The molecule has 5 heteroatoms. The molecule has 2 aromatic rings. The number of aromatic nitrogens is 1. The van der Waals surface area contributed by atoms with Gasteiger partial charge in [-0.1, -0.05) is 0 Å². The van der Waals surface area contributed by atoms with Gasteiger partial charge in [0.15, 0.2) is 0 Å². The first-order valence-electron chi connectivity index (χ1n) is 4.69. The summed E-state index contributed by atoms with van der Waals surface area (Å²) in [4.78, 5) is 3.95. The van der Waals surface area contributed by atoms with Crippen LogP contribution in [0, 0.1) is 17.1 Å². The molecule has 1 aromatic heterocycles. The van der Waals surface area contributed by atoms with Crippen LogP contribution < -0.4 is 4.74 Å². The van der Waals surface area contributed by atoms with Crippen molar-refractivity contribution >= 4 is 15.9 Å². The maximum Gasteiger partial charge on any atom is 0.237 e. The molecule has 0 bridgehead atoms. The molecule has 0 radical (unpaired) electrons. The van der Waals surface area contributed by atoms with Crippen LogP contribution in [0.25, 0.3) is 0 Å². The summed E-state index contributed by atoms with van der Waals surface area (Å²) in [6, 6.07) is 9.23. The highest BCUT2D eigenvalue weighted by molar-refractivity contribution is 9.10. The molecular formula is C12H6BrFN2O. The molecule has 0 spiro atoms. The van der Waals surface area contributed by atoms with Gasteiger partial charge in [0.1, 0.15) is 23.2 Å². The molecule has 1 heterocycles. The fourth-order valence-electron chi connectivity index (χ4n) is 1.22. The van der Waals surface area contributed by atoms with E-state index in [1.165, 1.54) is 24.4 Å². The number of halogens is 2. The third-order valence-electron chi connectivity index (χ3n) is 1.99. The van der Waals surface area contributed by atoms with Crippen LogP contribution in [0.1, 0.15) is 5.56 Å². The van der Waals surface area contributed by atoms with Crippen molar-refractivity contribution < 1.29 is 9.13 Å².